The summed E-state index contributed by atoms with van der Waals surface area (Å²) in [4.78, 5) is 11.9. The Hall–Kier alpha value is -2.21. The quantitative estimate of drug-likeness (QED) is 0.847. The fourth-order valence-corrected chi connectivity index (χ4v) is 2.91. The highest BCUT2D eigenvalue weighted by Crippen LogP contribution is 2.24. The van der Waals surface area contributed by atoms with Gasteiger partial charge in [0.15, 0.2) is 0 Å². The van der Waals surface area contributed by atoms with Crippen molar-refractivity contribution in [3.05, 3.63) is 40.9 Å². The minimum absolute atomic E-state index is 0.148. The van der Waals surface area contributed by atoms with Gasteiger partial charge < -0.3 is 4.74 Å². The zero-order chi connectivity index (χ0) is 16.9. The van der Waals surface area contributed by atoms with E-state index in [-0.39, 0.29) is 11.3 Å². The Balaban J connectivity index is 1.92. The Kier molecular flexibility index (Phi) is 5.50. The first kappa shape index (κ1) is 17.1. The molecule has 0 spiro atoms. The number of carbonyl (C=O) groups is 1. The lowest BCUT2D eigenvalue weighted by Crippen LogP contribution is -2.08. The molecule has 2 aromatic rings. The van der Waals surface area contributed by atoms with Gasteiger partial charge in [0.25, 0.3) is 0 Å². The first-order valence-electron chi connectivity index (χ1n) is 7.31. The van der Waals surface area contributed by atoms with E-state index in [0.29, 0.717) is 5.13 Å². The number of carbonyl (C=O) groups excluding carboxylic acids is 1. The predicted molar refractivity (Wildman–Crippen MR) is 93.7 cm³/mol. The molecule has 6 heteroatoms. The lowest BCUT2D eigenvalue weighted by molar-refractivity contribution is -0.111. The zero-order valence-corrected chi connectivity index (χ0v) is 14.6. The number of benzene rings is 1. The Morgan fingerprint density at radius 2 is 1.96 bits per heavy atom. The van der Waals surface area contributed by atoms with Crippen molar-refractivity contribution < 1.29 is 9.53 Å². The number of amides is 1. The van der Waals surface area contributed by atoms with E-state index < -0.39 is 0 Å². The van der Waals surface area contributed by atoms with Crippen LogP contribution in [0.5, 0.6) is 5.75 Å². The van der Waals surface area contributed by atoms with Crippen molar-refractivity contribution in [2.24, 2.45) is 5.41 Å². The molecule has 0 aliphatic carbocycles. The van der Waals surface area contributed by atoms with E-state index in [4.69, 9.17) is 4.74 Å². The van der Waals surface area contributed by atoms with Crippen LogP contribution in [0.3, 0.4) is 0 Å². The monoisotopic (exact) mass is 331 g/mol. The van der Waals surface area contributed by atoms with Gasteiger partial charge in [-0.1, -0.05) is 44.2 Å². The molecule has 1 heterocycles. The maximum atomic E-state index is 11.9. The van der Waals surface area contributed by atoms with Gasteiger partial charge in [-0.25, -0.2) is 0 Å². The molecule has 0 fully saturated rings. The predicted octanol–water partition coefficient (Wildman–Crippen LogP) is 3.79. The lowest BCUT2D eigenvalue weighted by atomic mass is 9.93. The molecular weight excluding hydrogens is 310 g/mol. The van der Waals surface area contributed by atoms with E-state index in [9.17, 15) is 4.79 Å². The summed E-state index contributed by atoms with van der Waals surface area (Å²) in [5.41, 5.74) is 1.07. The maximum Gasteiger partial charge on any atom is 0.250 e. The molecule has 5 nitrogen and oxygen atoms in total. The summed E-state index contributed by atoms with van der Waals surface area (Å²) >= 11 is 1.41. The summed E-state index contributed by atoms with van der Waals surface area (Å²) in [6.45, 7) is 6.43. The highest BCUT2D eigenvalue weighted by Gasteiger charge is 2.15. The lowest BCUT2D eigenvalue weighted by Gasteiger charge is -2.14. The van der Waals surface area contributed by atoms with Gasteiger partial charge in [-0.05, 0) is 29.2 Å². The summed E-state index contributed by atoms with van der Waals surface area (Å²) in [6.07, 6.45) is 4.06. The molecule has 0 atom stereocenters. The van der Waals surface area contributed by atoms with Gasteiger partial charge >= 0.3 is 0 Å². The van der Waals surface area contributed by atoms with Crippen LogP contribution in [0, 0.1) is 5.41 Å². The average Bonchev–Trinajstić information content (AvgIpc) is 2.90. The number of hydrogen-bond acceptors (Lipinski definition) is 5. The van der Waals surface area contributed by atoms with Crippen molar-refractivity contribution in [1.29, 1.82) is 0 Å². The first-order chi connectivity index (χ1) is 10.9. The smallest absolute Gasteiger partial charge is 0.250 e. The molecule has 0 saturated heterocycles. The molecule has 0 aliphatic rings. The van der Waals surface area contributed by atoms with E-state index in [1.807, 2.05) is 24.3 Å². The molecule has 0 unspecified atom stereocenters. The molecule has 1 amide bonds. The summed E-state index contributed by atoms with van der Waals surface area (Å²) < 4.78 is 5.09. The van der Waals surface area contributed by atoms with Gasteiger partial charge in [-0.2, -0.15) is 0 Å². The summed E-state index contributed by atoms with van der Waals surface area (Å²) in [6, 6.07) is 7.46. The second-order valence-electron chi connectivity index (χ2n) is 6.33. The van der Waals surface area contributed by atoms with E-state index in [1.165, 1.54) is 17.4 Å². The topological polar surface area (TPSA) is 64.1 Å². The summed E-state index contributed by atoms with van der Waals surface area (Å²) in [5, 5.41) is 12.3. The molecule has 2 rings (SSSR count). The van der Waals surface area contributed by atoms with E-state index in [0.717, 1.165) is 22.7 Å². The molecule has 0 saturated carbocycles. The van der Waals surface area contributed by atoms with Crippen molar-refractivity contribution >= 4 is 28.5 Å². The van der Waals surface area contributed by atoms with Crippen molar-refractivity contribution in [1.82, 2.24) is 10.2 Å². The Morgan fingerprint density at radius 3 is 2.57 bits per heavy atom. The highest BCUT2D eigenvalue weighted by molar-refractivity contribution is 7.15. The van der Waals surface area contributed by atoms with Gasteiger partial charge in [-0.15, -0.1) is 10.2 Å². The van der Waals surface area contributed by atoms with E-state index in [2.05, 4.69) is 36.3 Å². The third kappa shape index (κ3) is 5.83. The van der Waals surface area contributed by atoms with Crippen LogP contribution in [0.1, 0.15) is 31.3 Å². The molecular formula is C17H21N3O2S. The molecule has 0 bridgehead atoms. The Morgan fingerprint density at radius 1 is 1.26 bits per heavy atom. The van der Waals surface area contributed by atoms with Crippen LogP contribution in [0.15, 0.2) is 30.3 Å². The molecule has 122 valence electrons. The van der Waals surface area contributed by atoms with Crippen molar-refractivity contribution in [3.8, 4) is 5.75 Å². The van der Waals surface area contributed by atoms with Gasteiger partial charge in [-0.3, -0.25) is 10.1 Å². The minimum atomic E-state index is -0.223. The second kappa shape index (κ2) is 7.37. The molecule has 0 aliphatic heterocycles. The number of anilines is 1. The summed E-state index contributed by atoms with van der Waals surface area (Å²) in [5.74, 6) is 0.561. The van der Waals surface area contributed by atoms with E-state index in [1.54, 1.807) is 13.2 Å². The SMILES string of the molecule is COc1ccc(C=CC(=O)Nc2nnc(CC(C)(C)C)s2)cc1. The van der Waals surface area contributed by atoms with Gasteiger partial charge in [0.05, 0.1) is 7.11 Å². The summed E-state index contributed by atoms with van der Waals surface area (Å²) in [7, 11) is 1.62. The minimum Gasteiger partial charge on any atom is -0.497 e. The fourth-order valence-electron chi connectivity index (χ4n) is 1.86. The maximum absolute atomic E-state index is 11.9. The molecule has 0 radical (unpaired) electrons. The molecule has 23 heavy (non-hydrogen) atoms. The van der Waals surface area contributed by atoms with Crippen LogP contribution in [0.4, 0.5) is 5.13 Å². The van der Waals surface area contributed by atoms with Crippen LogP contribution in [-0.2, 0) is 11.2 Å². The third-order valence-corrected chi connectivity index (χ3v) is 3.76. The molecule has 1 aromatic heterocycles. The third-order valence-electron chi connectivity index (χ3n) is 2.92. The number of aromatic nitrogens is 2. The van der Waals surface area contributed by atoms with Crippen molar-refractivity contribution in [2.75, 3.05) is 12.4 Å². The van der Waals surface area contributed by atoms with Crippen molar-refractivity contribution in [2.45, 2.75) is 27.2 Å². The molecule has 1 N–H and O–H groups in total. The Labute approximate surface area is 140 Å². The van der Waals surface area contributed by atoms with Crippen LogP contribution in [0.25, 0.3) is 6.08 Å². The van der Waals surface area contributed by atoms with Crippen LogP contribution in [0.2, 0.25) is 0 Å². The van der Waals surface area contributed by atoms with Crippen LogP contribution in [-0.4, -0.2) is 23.2 Å². The number of rotatable bonds is 5. The largest absolute Gasteiger partial charge is 0.497 e. The molecule has 1 aromatic carbocycles. The van der Waals surface area contributed by atoms with Crippen molar-refractivity contribution in [3.63, 3.8) is 0 Å². The standard InChI is InChI=1S/C17H21N3O2S/c1-17(2,3)11-15-19-20-16(23-15)18-14(21)10-7-12-5-8-13(22-4)9-6-12/h5-10H,11H2,1-4H3,(H,18,20,21). The number of nitrogens with zero attached hydrogens (tertiary/aromatic N) is 2. The second-order valence-corrected chi connectivity index (χ2v) is 7.40. The van der Waals surface area contributed by atoms with Crippen LogP contribution < -0.4 is 10.1 Å². The van der Waals surface area contributed by atoms with Gasteiger partial charge in [0.1, 0.15) is 10.8 Å². The normalized spacial score (nSPS) is 11.7. The van der Waals surface area contributed by atoms with Gasteiger partial charge in [0, 0.05) is 12.5 Å². The fraction of sp³-hybridized carbons (Fsp3) is 0.353. The zero-order valence-electron chi connectivity index (χ0n) is 13.8. The first-order valence-corrected chi connectivity index (χ1v) is 8.13. The van der Waals surface area contributed by atoms with Gasteiger partial charge in [0.2, 0.25) is 11.0 Å². The number of ether oxygens (including phenoxy) is 1. The van der Waals surface area contributed by atoms with E-state index >= 15 is 0 Å². The average molecular weight is 331 g/mol. The van der Waals surface area contributed by atoms with Crippen LogP contribution >= 0.6 is 11.3 Å². The highest BCUT2D eigenvalue weighted by atomic mass is 32.1. The number of hydrogen-bond donors (Lipinski definition) is 1. The number of nitrogens with one attached hydrogen (secondary N) is 1. The Bertz CT molecular complexity index is 685. The number of methoxy groups -OCH3 is 1.